The van der Waals surface area contributed by atoms with Crippen LogP contribution in [0.3, 0.4) is 0 Å². The van der Waals surface area contributed by atoms with E-state index < -0.39 is 0 Å². The van der Waals surface area contributed by atoms with Crippen molar-refractivity contribution in [1.82, 2.24) is 15.3 Å². The quantitative estimate of drug-likeness (QED) is 0.546. The number of nitrogens with one attached hydrogen (secondary N) is 1. The van der Waals surface area contributed by atoms with E-state index in [9.17, 15) is 0 Å². The van der Waals surface area contributed by atoms with Crippen LogP contribution < -0.4 is 5.32 Å². The second-order valence-corrected chi connectivity index (χ2v) is 6.40. The molecule has 0 saturated heterocycles. The monoisotopic (exact) mass is 339 g/mol. The summed E-state index contributed by atoms with van der Waals surface area (Å²) in [6, 6.07) is 27.2. The van der Waals surface area contributed by atoms with Crippen molar-refractivity contribution in [3.05, 3.63) is 96.3 Å². The molecule has 0 unspecified atom stereocenters. The van der Waals surface area contributed by atoms with Crippen molar-refractivity contribution >= 4 is 10.8 Å². The number of pyridine rings is 2. The summed E-state index contributed by atoms with van der Waals surface area (Å²) in [4.78, 5) is 9.13. The lowest BCUT2D eigenvalue weighted by molar-refractivity contribution is 0.571. The van der Waals surface area contributed by atoms with Gasteiger partial charge in [-0.05, 0) is 47.5 Å². The standard InChI is InChI=1S/C23H21N3/c1-17(20-12-6-9-18-8-2-3-11-21(18)20)25-16-19-10-7-14-23(26-19)22-13-4-5-15-24-22/h2-15,17,25H,16H2,1H3/t17-/m0/s1. The Morgan fingerprint density at radius 3 is 2.46 bits per heavy atom. The number of aromatic nitrogens is 2. The third-order valence-corrected chi connectivity index (χ3v) is 4.61. The van der Waals surface area contributed by atoms with Gasteiger partial charge in [0.1, 0.15) is 0 Å². The van der Waals surface area contributed by atoms with Gasteiger partial charge in [0.2, 0.25) is 0 Å². The van der Waals surface area contributed by atoms with Gasteiger partial charge in [-0.2, -0.15) is 0 Å². The molecular formula is C23H21N3. The second kappa shape index (κ2) is 7.46. The molecule has 4 rings (SSSR count). The van der Waals surface area contributed by atoms with Crippen molar-refractivity contribution in [2.24, 2.45) is 0 Å². The van der Waals surface area contributed by atoms with Crippen LogP contribution in [0.5, 0.6) is 0 Å². The van der Waals surface area contributed by atoms with Crippen LogP contribution in [0.2, 0.25) is 0 Å². The Kier molecular flexibility index (Phi) is 4.71. The van der Waals surface area contributed by atoms with Gasteiger partial charge in [0, 0.05) is 18.8 Å². The minimum Gasteiger partial charge on any atom is -0.305 e. The van der Waals surface area contributed by atoms with Crippen LogP contribution in [-0.2, 0) is 6.54 Å². The molecule has 0 aliphatic heterocycles. The zero-order valence-electron chi connectivity index (χ0n) is 14.8. The maximum absolute atomic E-state index is 4.75. The van der Waals surface area contributed by atoms with Gasteiger partial charge < -0.3 is 5.32 Å². The first kappa shape index (κ1) is 16.4. The SMILES string of the molecule is C[C@H](NCc1cccc(-c2ccccn2)n1)c1cccc2ccccc12. The van der Waals surface area contributed by atoms with E-state index in [0.717, 1.165) is 17.1 Å². The van der Waals surface area contributed by atoms with Gasteiger partial charge in [0.25, 0.3) is 0 Å². The van der Waals surface area contributed by atoms with E-state index in [1.807, 2.05) is 30.3 Å². The predicted octanol–water partition coefficient (Wildman–Crippen LogP) is 5.15. The molecule has 0 bridgehead atoms. The van der Waals surface area contributed by atoms with E-state index in [-0.39, 0.29) is 6.04 Å². The first-order chi connectivity index (χ1) is 12.8. The molecule has 0 spiro atoms. The largest absolute Gasteiger partial charge is 0.305 e. The van der Waals surface area contributed by atoms with E-state index in [2.05, 4.69) is 65.8 Å². The summed E-state index contributed by atoms with van der Waals surface area (Å²) in [6.07, 6.45) is 1.80. The Morgan fingerprint density at radius 1 is 0.808 bits per heavy atom. The lowest BCUT2D eigenvalue weighted by Gasteiger charge is -2.16. The van der Waals surface area contributed by atoms with Crippen molar-refractivity contribution in [3.63, 3.8) is 0 Å². The van der Waals surface area contributed by atoms with Crippen molar-refractivity contribution in [1.29, 1.82) is 0 Å². The molecule has 0 aliphatic carbocycles. The highest BCUT2D eigenvalue weighted by molar-refractivity contribution is 5.86. The molecular weight excluding hydrogens is 318 g/mol. The Hall–Kier alpha value is -3.04. The average molecular weight is 339 g/mol. The lowest BCUT2D eigenvalue weighted by Crippen LogP contribution is -2.19. The molecule has 2 heterocycles. The molecule has 1 N–H and O–H groups in total. The summed E-state index contributed by atoms with van der Waals surface area (Å²) in [7, 11) is 0. The van der Waals surface area contributed by atoms with E-state index in [0.29, 0.717) is 6.54 Å². The first-order valence-corrected chi connectivity index (χ1v) is 8.89. The summed E-state index contributed by atoms with van der Waals surface area (Å²) in [5.74, 6) is 0. The van der Waals surface area contributed by atoms with Crippen molar-refractivity contribution in [3.8, 4) is 11.4 Å². The second-order valence-electron chi connectivity index (χ2n) is 6.40. The van der Waals surface area contributed by atoms with Crippen LogP contribution in [-0.4, -0.2) is 9.97 Å². The van der Waals surface area contributed by atoms with Crippen molar-refractivity contribution < 1.29 is 0 Å². The molecule has 0 saturated carbocycles. The molecule has 1 atom stereocenters. The average Bonchev–Trinajstić information content (AvgIpc) is 2.72. The summed E-state index contributed by atoms with van der Waals surface area (Å²) in [6.45, 7) is 2.91. The zero-order chi connectivity index (χ0) is 17.8. The molecule has 4 aromatic rings. The minimum absolute atomic E-state index is 0.237. The fourth-order valence-corrected chi connectivity index (χ4v) is 3.23. The van der Waals surface area contributed by atoms with Crippen molar-refractivity contribution in [2.45, 2.75) is 19.5 Å². The van der Waals surface area contributed by atoms with Crippen LogP contribution in [0.25, 0.3) is 22.2 Å². The normalized spacial score (nSPS) is 12.2. The molecule has 0 radical (unpaired) electrons. The summed E-state index contributed by atoms with van der Waals surface area (Å²) in [5.41, 5.74) is 4.13. The van der Waals surface area contributed by atoms with Gasteiger partial charge in [-0.15, -0.1) is 0 Å². The maximum Gasteiger partial charge on any atom is 0.0890 e. The first-order valence-electron chi connectivity index (χ1n) is 8.89. The Labute approximate surface area is 153 Å². The van der Waals surface area contributed by atoms with Gasteiger partial charge in [0.05, 0.1) is 17.1 Å². The highest BCUT2D eigenvalue weighted by Gasteiger charge is 2.09. The summed E-state index contributed by atoms with van der Waals surface area (Å²) < 4.78 is 0. The molecule has 128 valence electrons. The molecule has 0 fully saturated rings. The number of fused-ring (bicyclic) bond motifs is 1. The molecule has 2 aromatic heterocycles. The smallest absolute Gasteiger partial charge is 0.0890 e. The van der Waals surface area contributed by atoms with Gasteiger partial charge in [-0.1, -0.05) is 54.6 Å². The topological polar surface area (TPSA) is 37.8 Å². The third kappa shape index (κ3) is 3.48. The third-order valence-electron chi connectivity index (χ3n) is 4.61. The molecule has 3 heteroatoms. The Morgan fingerprint density at radius 2 is 1.58 bits per heavy atom. The number of hydrogen-bond donors (Lipinski definition) is 1. The Balaban J connectivity index is 1.52. The summed E-state index contributed by atoms with van der Waals surface area (Å²) >= 11 is 0. The number of benzene rings is 2. The molecule has 26 heavy (non-hydrogen) atoms. The number of hydrogen-bond acceptors (Lipinski definition) is 3. The van der Waals surface area contributed by atoms with E-state index in [1.54, 1.807) is 6.20 Å². The molecule has 2 aromatic carbocycles. The molecule has 0 aliphatic rings. The summed E-state index contributed by atoms with van der Waals surface area (Å²) in [5, 5.41) is 6.17. The van der Waals surface area contributed by atoms with Crippen LogP contribution >= 0.6 is 0 Å². The van der Waals surface area contributed by atoms with Crippen LogP contribution in [0.4, 0.5) is 0 Å². The minimum atomic E-state index is 0.237. The Bertz CT molecular complexity index is 1010. The number of rotatable bonds is 5. The highest BCUT2D eigenvalue weighted by Crippen LogP contribution is 2.24. The van der Waals surface area contributed by atoms with Crippen molar-refractivity contribution in [2.75, 3.05) is 0 Å². The molecule has 0 amide bonds. The van der Waals surface area contributed by atoms with E-state index in [1.165, 1.54) is 16.3 Å². The van der Waals surface area contributed by atoms with Gasteiger partial charge in [0.15, 0.2) is 0 Å². The van der Waals surface area contributed by atoms with Gasteiger partial charge in [-0.3, -0.25) is 4.98 Å². The fraction of sp³-hybridized carbons (Fsp3) is 0.130. The van der Waals surface area contributed by atoms with Crippen LogP contribution in [0, 0.1) is 0 Å². The molecule has 3 nitrogen and oxygen atoms in total. The highest BCUT2D eigenvalue weighted by atomic mass is 14.9. The van der Waals surface area contributed by atoms with E-state index >= 15 is 0 Å². The van der Waals surface area contributed by atoms with Gasteiger partial charge >= 0.3 is 0 Å². The predicted molar refractivity (Wildman–Crippen MR) is 107 cm³/mol. The van der Waals surface area contributed by atoms with Crippen LogP contribution in [0.1, 0.15) is 24.2 Å². The number of nitrogens with zero attached hydrogens (tertiary/aromatic N) is 2. The lowest BCUT2D eigenvalue weighted by atomic mass is 9.99. The fourth-order valence-electron chi connectivity index (χ4n) is 3.23. The zero-order valence-corrected chi connectivity index (χ0v) is 14.8. The van der Waals surface area contributed by atoms with Crippen LogP contribution in [0.15, 0.2) is 85.1 Å². The maximum atomic E-state index is 4.75. The van der Waals surface area contributed by atoms with Gasteiger partial charge in [-0.25, -0.2) is 4.98 Å². The van der Waals surface area contributed by atoms with E-state index in [4.69, 9.17) is 4.98 Å².